The van der Waals surface area contributed by atoms with Gasteiger partial charge in [-0.25, -0.2) is 0 Å². The number of esters is 1. The Hall–Kier alpha value is -0.910. The Bertz CT molecular complexity index is 429. The molecule has 1 unspecified atom stereocenters. The summed E-state index contributed by atoms with van der Waals surface area (Å²) in [6.07, 6.45) is 0. The summed E-state index contributed by atoms with van der Waals surface area (Å²) in [6.45, 7) is 6.56. The summed E-state index contributed by atoms with van der Waals surface area (Å²) in [5, 5.41) is 0. The third-order valence-electron chi connectivity index (χ3n) is 3.33. The fourth-order valence-corrected chi connectivity index (χ4v) is 2.48. The quantitative estimate of drug-likeness (QED) is 0.608. The standard InChI is InChI=1S/C15H20BrNO3/c1-12-2-4-13(5-3-12)14(16)15(18)20-11-8-17-6-9-19-10-7-17/h2-5,14H,6-11H2,1H3. The number of morpholine rings is 1. The van der Waals surface area contributed by atoms with E-state index in [0.717, 1.165) is 38.4 Å². The first-order chi connectivity index (χ1) is 9.66. The van der Waals surface area contributed by atoms with Crippen LogP contribution in [-0.2, 0) is 14.3 Å². The molecule has 110 valence electrons. The molecule has 1 aromatic carbocycles. The zero-order valence-electron chi connectivity index (χ0n) is 11.7. The second-order valence-electron chi connectivity index (χ2n) is 4.89. The van der Waals surface area contributed by atoms with Gasteiger partial charge in [0.1, 0.15) is 11.4 Å². The number of alkyl halides is 1. The summed E-state index contributed by atoms with van der Waals surface area (Å²) in [4.78, 5) is 13.8. The lowest BCUT2D eigenvalue weighted by atomic mass is 10.1. The third-order valence-corrected chi connectivity index (χ3v) is 4.23. The molecule has 0 aromatic heterocycles. The van der Waals surface area contributed by atoms with Crippen LogP contribution < -0.4 is 0 Å². The highest BCUT2D eigenvalue weighted by Gasteiger charge is 2.19. The molecule has 5 heteroatoms. The lowest BCUT2D eigenvalue weighted by Crippen LogP contribution is -2.38. The zero-order chi connectivity index (χ0) is 14.4. The molecule has 0 bridgehead atoms. The van der Waals surface area contributed by atoms with Crippen molar-refractivity contribution in [2.75, 3.05) is 39.5 Å². The monoisotopic (exact) mass is 341 g/mol. The second kappa shape index (κ2) is 7.76. The molecule has 4 nitrogen and oxygen atoms in total. The number of rotatable bonds is 5. The molecular weight excluding hydrogens is 322 g/mol. The largest absolute Gasteiger partial charge is 0.463 e. The van der Waals surface area contributed by atoms with Gasteiger partial charge in [0.15, 0.2) is 0 Å². The van der Waals surface area contributed by atoms with Crippen LogP contribution in [0.1, 0.15) is 16.0 Å². The van der Waals surface area contributed by atoms with Gasteiger partial charge in [-0.3, -0.25) is 9.69 Å². The minimum Gasteiger partial charge on any atom is -0.463 e. The third kappa shape index (κ3) is 4.58. The first-order valence-corrected chi connectivity index (χ1v) is 7.76. The molecule has 2 rings (SSSR count). The second-order valence-corrected chi connectivity index (χ2v) is 5.81. The molecule has 0 aliphatic carbocycles. The van der Waals surface area contributed by atoms with Gasteiger partial charge in [0.2, 0.25) is 0 Å². The van der Waals surface area contributed by atoms with E-state index >= 15 is 0 Å². The Balaban J connectivity index is 1.74. The highest BCUT2D eigenvalue weighted by atomic mass is 79.9. The van der Waals surface area contributed by atoms with Gasteiger partial charge in [-0.1, -0.05) is 45.8 Å². The van der Waals surface area contributed by atoms with E-state index in [1.807, 2.05) is 31.2 Å². The van der Waals surface area contributed by atoms with Crippen molar-refractivity contribution >= 4 is 21.9 Å². The molecule has 0 N–H and O–H groups in total. The molecule has 0 spiro atoms. The number of carbonyl (C=O) groups is 1. The molecule has 1 saturated heterocycles. The fraction of sp³-hybridized carbons (Fsp3) is 0.533. The number of halogens is 1. The van der Waals surface area contributed by atoms with Crippen LogP contribution in [0, 0.1) is 6.92 Å². The minimum absolute atomic E-state index is 0.234. The van der Waals surface area contributed by atoms with E-state index < -0.39 is 4.83 Å². The summed E-state index contributed by atoms with van der Waals surface area (Å²) >= 11 is 3.39. The lowest BCUT2D eigenvalue weighted by Gasteiger charge is -2.26. The molecule has 0 amide bonds. The topological polar surface area (TPSA) is 38.8 Å². The van der Waals surface area contributed by atoms with Crippen LogP contribution in [-0.4, -0.2) is 50.3 Å². The predicted molar refractivity (Wildman–Crippen MR) is 81.1 cm³/mol. The fourth-order valence-electron chi connectivity index (χ4n) is 2.04. The molecule has 1 aliphatic rings. The van der Waals surface area contributed by atoms with Crippen LogP contribution in [0.15, 0.2) is 24.3 Å². The first kappa shape index (κ1) is 15.5. The van der Waals surface area contributed by atoms with Crippen LogP contribution in [0.25, 0.3) is 0 Å². The number of aryl methyl sites for hydroxylation is 1. The summed E-state index contributed by atoms with van der Waals surface area (Å²) in [6, 6.07) is 7.87. The van der Waals surface area contributed by atoms with Crippen LogP contribution in [0.4, 0.5) is 0 Å². The van der Waals surface area contributed by atoms with Crippen molar-refractivity contribution in [3.05, 3.63) is 35.4 Å². The van der Waals surface area contributed by atoms with Crippen molar-refractivity contribution in [1.29, 1.82) is 0 Å². The van der Waals surface area contributed by atoms with E-state index in [9.17, 15) is 4.79 Å². The molecule has 1 aromatic rings. The normalized spacial score (nSPS) is 17.7. The molecule has 1 aliphatic heterocycles. The average molecular weight is 342 g/mol. The number of hydrogen-bond donors (Lipinski definition) is 0. The van der Waals surface area contributed by atoms with Crippen LogP contribution >= 0.6 is 15.9 Å². The molecule has 1 atom stereocenters. The van der Waals surface area contributed by atoms with Crippen molar-refractivity contribution < 1.29 is 14.3 Å². The Labute approximate surface area is 128 Å². The lowest BCUT2D eigenvalue weighted by molar-refractivity contribution is -0.143. The van der Waals surface area contributed by atoms with E-state index in [1.54, 1.807) is 0 Å². The highest BCUT2D eigenvalue weighted by Crippen LogP contribution is 2.24. The maximum Gasteiger partial charge on any atom is 0.324 e. The number of nitrogens with zero attached hydrogens (tertiary/aromatic N) is 1. The summed E-state index contributed by atoms with van der Waals surface area (Å²) in [5.41, 5.74) is 2.10. The van der Waals surface area contributed by atoms with Crippen molar-refractivity contribution in [1.82, 2.24) is 4.90 Å². The first-order valence-electron chi connectivity index (χ1n) is 6.84. The van der Waals surface area contributed by atoms with Gasteiger partial charge in [-0.05, 0) is 12.5 Å². The van der Waals surface area contributed by atoms with Gasteiger partial charge in [0.25, 0.3) is 0 Å². The number of ether oxygens (including phenoxy) is 2. The van der Waals surface area contributed by atoms with Crippen molar-refractivity contribution in [3.63, 3.8) is 0 Å². The molecule has 0 radical (unpaired) electrons. The Morgan fingerprint density at radius 2 is 2.00 bits per heavy atom. The van der Waals surface area contributed by atoms with Crippen LogP contribution in [0.2, 0.25) is 0 Å². The molecular formula is C15H20BrNO3. The van der Waals surface area contributed by atoms with Gasteiger partial charge in [-0.15, -0.1) is 0 Å². The Morgan fingerprint density at radius 1 is 1.35 bits per heavy atom. The van der Waals surface area contributed by atoms with E-state index in [0.29, 0.717) is 6.61 Å². The van der Waals surface area contributed by atoms with Crippen molar-refractivity contribution in [2.24, 2.45) is 0 Å². The number of hydrogen-bond acceptors (Lipinski definition) is 4. The molecule has 1 heterocycles. The molecule has 0 saturated carbocycles. The smallest absolute Gasteiger partial charge is 0.324 e. The number of carbonyl (C=O) groups excluding carboxylic acids is 1. The Kier molecular flexibility index (Phi) is 6.01. The van der Waals surface area contributed by atoms with Crippen molar-refractivity contribution in [3.8, 4) is 0 Å². The van der Waals surface area contributed by atoms with Crippen molar-refractivity contribution in [2.45, 2.75) is 11.8 Å². The summed E-state index contributed by atoms with van der Waals surface area (Å²) in [7, 11) is 0. The van der Waals surface area contributed by atoms with E-state index in [1.165, 1.54) is 5.56 Å². The highest BCUT2D eigenvalue weighted by molar-refractivity contribution is 9.09. The predicted octanol–water partition coefficient (Wildman–Crippen LogP) is 2.31. The Morgan fingerprint density at radius 3 is 2.65 bits per heavy atom. The van der Waals surface area contributed by atoms with Crippen LogP contribution in [0.3, 0.4) is 0 Å². The van der Waals surface area contributed by atoms with Gasteiger partial charge >= 0.3 is 5.97 Å². The average Bonchev–Trinajstić information content (AvgIpc) is 2.48. The minimum atomic E-state index is -0.396. The maximum atomic E-state index is 12.0. The van der Waals surface area contributed by atoms with E-state index in [2.05, 4.69) is 20.8 Å². The van der Waals surface area contributed by atoms with Gasteiger partial charge in [0, 0.05) is 19.6 Å². The van der Waals surface area contributed by atoms with E-state index in [4.69, 9.17) is 9.47 Å². The van der Waals surface area contributed by atoms with Gasteiger partial charge in [-0.2, -0.15) is 0 Å². The van der Waals surface area contributed by atoms with Gasteiger partial charge < -0.3 is 9.47 Å². The van der Waals surface area contributed by atoms with E-state index in [-0.39, 0.29) is 5.97 Å². The number of benzene rings is 1. The summed E-state index contributed by atoms with van der Waals surface area (Å²) < 4.78 is 10.6. The van der Waals surface area contributed by atoms with Gasteiger partial charge in [0.05, 0.1) is 13.2 Å². The SMILES string of the molecule is Cc1ccc(C(Br)C(=O)OCCN2CCOCC2)cc1. The molecule has 1 fully saturated rings. The summed E-state index contributed by atoms with van der Waals surface area (Å²) in [5.74, 6) is -0.234. The zero-order valence-corrected chi connectivity index (χ0v) is 13.3. The molecule has 20 heavy (non-hydrogen) atoms. The van der Waals surface area contributed by atoms with Crippen LogP contribution in [0.5, 0.6) is 0 Å². The maximum absolute atomic E-state index is 12.0.